The maximum atomic E-state index is 12.7. The highest BCUT2D eigenvalue weighted by molar-refractivity contribution is 6.18. The number of ether oxygens (including phenoxy) is 1. The first kappa shape index (κ1) is 14.7. The molecule has 0 radical (unpaired) electrons. The fraction of sp³-hybridized carbons (Fsp3) is 0.222. The van der Waals surface area contributed by atoms with Crippen molar-refractivity contribution in [3.8, 4) is 0 Å². The van der Waals surface area contributed by atoms with Crippen molar-refractivity contribution in [3.05, 3.63) is 47.5 Å². The summed E-state index contributed by atoms with van der Waals surface area (Å²) in [7, 11) is 0. The zero-order valence-electron chi connectivity index (χ0n) is 13.0. The fourth-order valence-electron chi connectivity index (χ4n) is 3.24. The van der Waals surface area contributed by atoms with Gasteiger partial charge in [-0.15, -0.1) is 0 Å². The van der Waals surface area contributed by atoms with E-state index in [1.165, 1.54) is 0 Å². The number of hydrogen-bond donors (Lipinski definition) is 2. The molecule has 0 unspecified atom stereocenters. The highest BCUT2D eigenvalue weighted by Gasteiger charge is 2.20. The highest BCUT2D eigenvalue weighted by atomic mass is 16.5. The molecule has 0 spiro atoms. The third-order valence-electron chi connectivity index (χ3n) is 4.43. The fourth-order valence-corrected chi connectivity index (χ4v) is 3.24. The van der Waals surface area contributed by atoms with Crippen LogP contribution in [-0.2, 0) is 4.74 Å². The number of rotatable bonds is 2. The number of aromatic amines is 1. The van der Waals surface area contributed by atoms with Gasteiger partial charge in [-0.3, -0.25) is 9.59 Å². The average Bonchev–Trinajstić information content (AvgIpc) is 2.99. The van der Waals surface area contributed by atoms with Gasteiger partial charge < -0.3 is 20.4 Å². The molecule has 0 bridgehead atoms. The van der Waals surface area contributed by atoms with Crippen molar-refractivity contribution in [1.29, 1.82) is 0 Å². The first-order chi connectivity index (χ1) is 11.6. The topological polar surface area (TPSA) is 88.4 Å². The molecule has 6 nitrogen and oxygen atoms in total. The second-order valence-electron chi connectivity index (χ2n) is 5.88. The zero-order valence-corrected chi connectivity index (χ0v) is 13.0. The lowest BCUT2D eigenvalue weighted by atomic mass is 10.0. The number of fused-ring (bicyclic) bond motifs is 3. The summed E-state index contributed by atoms with van der Waals surface area (Å²) in [5.41, 5.74) is 8.26. The predicted molar refractivity (Wildman–Crippen MR) is 91.0 cm³/mol. The minimum atomic E-state index is -0.480. The molecule has 2 aromatic carbocycles. The number of nitrogens with two attached hydrogens (primary N) is 1. The Morgan fingerprint density at radius 3 is 2.62 bits per heavy atom. The second-order valence-corrected chi connectivity index (χ2v) is 5.88. The molecule has 122 valence electrons. The van der Waals surface area contributed by atoms with E-state index in [4.69, 9.17) is 10.5 Å². The van der Waals surface area contributed by atoms with Crippen LogP contribution in [0.1, 0.15) is 20.7 Å². The van der Waals surface area contributed by atoms with Crippen LogP contribution in [0.15, 0.2) is 36.4 Å². The summed E-state index contributed by atoms with van der Waals surface area (Å²) >= 11 is 0. The molecule has 3 aromatic rings. The number of morpholine rings is 1. The Balaban J connectivity index is 1.86. The third kappa shape index (κ3) is 2.32. The van der Waals surface area contributed by atoms with E-state index in [1.807, 2.05) is 18.2 Å². The van der Waals surface area contributed by atoms with Crippen LogP contribution in [0.25, 0.3) is 21.8 Å². The smallest absolute Gasteiger partial charge is 0.254 e. The van der Waals surface area contributed by atoms with Crippen LogP contribution in [-0.4, -0.2) is 48.0 Å². The number of benzene rings is 2. The molecule has 1 aromatic heterocycles. The Hall–Kier alpha value is -2.86. The van der Waals surface area contributed by atoms with Crippen LogP contribution >= 0.6 is 0 Å². The standard InChI is InChI=1S/C18H17N3O3/c19-17(22)12-2-1-3-15-16(12)13-10-11(4-5-14(13)20-15)18(23)21-6-8-24-9-7-21/h1-5,10,20H,6-9H2,(H2,19,22). The zero-order chi connectivity index (χ0) is 16.7. The highest BCUT2D eigenvalue weighted by Crippen LogP contribution is 2.29. The lowest BCUT2D eigenvalue weighted by Gasteiger charge is -2.26. The Bertz CT molecular complexity index is 955. The Morgan fingerprint density at radius 1 is 1.08 bits per heavy atom. The summed E-state index contributed by atoms with van der Waals surface area (Å²) in [6, 6.07) is 10.9. The number of carbonyl (C=O) groups excluding carboxylic acids is 2. The normalized spacial score (nSPS) is 15.1. The molecule has 1 aliphatic rings. The summed E-state index contributed by atoms with van der Waals surface area (Å²) in [4.78, 5) is 29.5. The molecule has 4 rings (SSSR count). The van der Waals surface area contributed by atoms with E-state index in [1.54, 1.807) is 23.1 Å². The van der Waals surface area contributed by atoms with Gasteiger partial charge in [-0.1, -0.05) is 6.07 Å². The Labute approximate surface area is 138 Å². The van der Waals surface area contributed by atoms with Gasteiger partial charge in [0.25, 0.3) is 5.91 Å². The SMILES string of the molecule is NC(=O)c1cccc2[nH]c3ccc(C(=O)N4CCOCC4)cc3c12. The maximum Gasteiger partial charge on any atom is 0.254 e. The first-order valence-corrected chi connectivity index (χ1v) is 7.86. The number of carbonyl (C=O) groups is 2. The molecule has 1 aliphatic heterocycles. The monoisotopic (exact) mass is 323 g/mol. The number of aromatic nitrogens is 1. The molecular weight excluding hydrogens is 306 g/mol. The van der Waals surface area contributed by atoms with Crippen LogP contribution < -0.4 is 5.73 Å². The van der Waals surface area contributed by atoms with Gasteiger partial charge in [0, 0.05) is 46.0 Å². The van der Waals surface area contributed by atoms with Crippen molar-refractivity contribution in [2.75, 3.05) is 26.3 Å². The number of hydrogen-bond acceptors (Lipinski definition) is 3. The van der Waals surface area contributed by atoms with Crippen LogP contribution in [0.5, 0.6) is 0 Å². The van der Waals surface area contributed by atoms with Gasteiger partial charge in [0.15, 0.2) is 0 Å². The van der Waals surface area contributed by atoms with Crippen LogP contribution in [0.3, 0.4) is 0 Å². The van der Waals surface area contributed by atoms with E-state index in [0.29, 0.717) is 37.4 Å². The number of amides is 2. The molecule has 1 saturated heterocycles. The van der Waals surface area contributed by atoms with E-state index >= 15 is 0 Å². The minimum Gasteiger partial charge on any atom is -0.378 e. The predicted octanol–water partition coefficient (Wildman–Crippen LogP) is 1.89. The Morgan fingerprint density at radius 2 is 1.88 bits per heavy atom. The number of nitrogens with one attached hydrogen (secondary N) is 1. The molecule has 0 aliphatic carbocycles. The summed E-state index contributed by atoms with van der Waals surface area (Å²) in [5.74, 6) is -0.502. The van der Waals surface area contributed by atoms with Crippen molar-refractivity contribution < 1.29 is 14.3 Å². The average molecular weight is 323 g/mol. The van der Waals surface area contributed by atoms with Crippen LogP contribution in [0, 0.1) is 0 Å². The molecule has 24 heavy (non-hydrogen) atoms. The molecule has 0 atom stereocenters. The summed E-state index contributed by atoms with van der Waals surface area (Å²) < 4.78 is 5.29. The third-order valence-corrected chi connectivity index (χ3v) is 4.43. The van der Waals surface area contributed by atoms with Gasteiger partial charge in [-0.25, -0.2) is 0 Å². The lowest BCUT2D eigenvalue weighted by Crippen LogP contribution is -2.40. The number of nitrogens with zero attached hydrogens (tertiary/aromatic N) is 1. The van der Waals surface area contributed by atoms with Gasteiger partial charge in [0.05, 0.1) is 13.2 Å². The van der Waals surface area contributed by atoms with Crippen molar-refractivity contribution in [2.45, 2.75) is 0 Å². The molecule has 3 N–H and O–H groups in total. The summed E-state index contributed by atoms with van der Waals surface area (Å²) in [5, 5.41) is 1.59. The van der Waals surface area contributed by atoms with Crippen molar-refractivity contribution >= 4 is 33.6 Å². The molecule has 2 heterocycles. The molecule has 2 amide bonds. The van der Waals surface area contributed by atoms with E-state index in [2.05, 4.69) is 4.98 Å². The van der Waals surface area contributed by atoms with E-state index in [-0.39, 0.29) is 5.91 Å². The van der Waals surface area contributed by atoms with E-state index < -0.39 is 5.91 Å². The molecule has 0 saturated carbocycles. The molecule has 1 fully saturated rings. The molecular formula is C18H17N3O3. The van der Waals surface area contributed by atoms with Gasteiger partial charge in [0.2, 0.25) is 5.91 Å². The van der Waals surface area contributed by atoms with Gasteiger partial charge in [-0.2, -0.15) is 0 Å². The first-order valence-electron chi connectivity index (χ1n) is 7.86. The van der Waals surface area contributed by atoms with Crippen LogP contribution in [0.2, 0.25) is 0 Å². The van der Waals surface area contributed by atoms with Crippen molar-refractivity contribution in [1.82, 2.24) is 9.88 Å². The van der Waals surface area contributed by atoms with Gasteiger partial charge in [-0.05, 0) is 30.3 Å². The summed E-state index contributed by atoms with van der Waals surface area (Å²) in [6.45, 7) is 2.31. The maximum absolute atomic E-state index is 12.7. The van der Waals surface area contributed by atoms with Gasteiger partial charge >= 0.3 is 0 Å². The quantitative estimate of drug-likeness (QED) is 0.755. The van der Waals surface area contributed by atoms with Gasteiger partial charge in [0.1, 0.15) is 0 Å². The van der Waals surface area contributed by atoms with E-state index in [0.717, 1.165) is 21.8 Å². The van der Waals surface area contributed by atoms with Crippen LogP contribution in [0.4, 0.5) is 0 Å². The van der Waals surface area contributed by atoms with Crippen molar-refractivity contribution in [3.63, 3.8) is 0 Å². The largest absolute Gasteiger partial charge is 0.378 e. The number of primary amides is 1. The second kappa shape index (κ2) is 5.65. The minimum absolute atomic E-state index is 0.0221. The number of H-pyrrole nitrogens is 1. The Kier molecular flexibility index (Phi) is 3.46. The molecule has 6 heteroatoms. The summed E-state index contributed by atoms with van der Waals surface area (Å²) in [6.07, 6.45) is 0. The lowest BCUT2D eigenvalue weighted by molar-refractivity contribution is 0.0303. The van der Waals surface area contributed by atoms with Crippen molar-refractivity contribution in [2.24, 2.45) is 5.73 Å². The van der Waals surface area contributed by atoms with E-state index in [9.17, 15) is 9.59 Å².